The monoisotopic (exact) mass is 302 g/mol. The Bertz CT molecular complexity index is 495. The van der Waals surface area contributed by atoms with Gasteiger partial charge in [-0.05, 0) is 25.3 Å². The summed E-state index contributed by atoms with van der Waals surface area (Å²) in [5.74, 6) is -0.0254. The number of amides is 2. The summed E-state index contributed by atoms with van der Waals surface area (Å²) in [7, 11) is 0. The van der Waals surface area contributed by atoms with Gasteiger partial charge >= 0.3 is 0 Å². The van der Waals surface area contributed by atoms with Crippen LogP contribution in [0.1, 0.15) is 51.5 Å². The van der Waals surface area contributed by atoms with Crippen LogP contribution in [-0.2, 0) is 16.1 Å². The highest BCUT2D eigenvalue weighted by Crippen LogP contribution is 2.18. The van der Waals surface area contributed by atoms with E-state index >= 15 is 0 Å². The molecular weight excluding hydrogens is 276 g/mol. The fourth-order valence-electron chi connectivity index (χ4n) is 2.96. The summed E-state index contributed by atoms with van der Waals surface area (Å²) >= 11 is 0. The van der Waals surface area contributed by atoms with E-state index in [-0.39, 0.29) is 17.9 Å². The Morgan fingerprint density at radius 3 is 2.45 bits per heavy atom. The molecule has 1 aliphatic carbocycles. The molecule has 0 radical (unpaired) electrons. The molecular formula is C18H26N2O2. The Kier molecular flexibility index (Phi) is 5.99. The minimum absolute atomic E-state index is 0.0120. The van der Waals surface area contributed by atoms with Crippen LogP contribution in [0, 0.1) is 0 Å². The number of benzene rings is 1. The smallest absolute Gasteiger partial charge is 0.242 e. The zero-order valence-corrected chi connectivity index (χ0v) is 13.5. The van der Waals surface area contributed by atoms with Crippen molar-refractivity contribution in [2.75, 3.05) is 0 Å². The summed E-state index contributed by atoms with van der Waals surface area (Å²) in [6, 6.07) is 9.67. The van der Waals surface area contributed by atoms with Crippen molar-refractivity contribution < 1.29 is 9.59 Å². The van der Waals surface area contributed by atoms with Crippen LogP contribution in [0.4, 0.5) is 0 Å². The highest BCUT2D eigenvalue weighted by molar-refractivity contribution is 5.87. The van der Waals surface area contributed by atoms with Crippen LogP contribution >= 0.6 is 0 Å². The van der Waals surface area contributed by atoms with E-state index in [2.05, 4.69) is 5.32 Å². The Hall–Kier alpha value is -1.84. The van der Waals surface area contributed by atoms with Crippen molar-refractivity contribution in [2.45, 2.75) is 64.6 Å². The third kappa shape index (κ3) is 4.33. The Morgan fingerprint density at radius 1 is 1.23 bits per heavy atom. The molecule has 0 heterocycles. The first-order valence-electron chi connectivity index (χ1n) is 8.25. The molecule has 1 unspecified atom stereocenters. The normalized spacial score (nSPS) is 16.3. The predicted molar refractivity (Wildman–Crippen MR) is 87.1 cm³/mol. The van der Waals surface area contributed by atoms with Gasteiger partial charge in [-0.3, -0.25) is 9.59 Å². The SMILES string of the molecule is CCC(=O)N(Cc1ccccc1)C(C)C(=O)NC1CCCC1. The van der Waals surface area contributed by atoms with Gasteiger partial charge in [0, 0.05) is 19.0 Å². The molecule has 4 heteroatoms. The lowest BCUT2D eigenvalue weighted by Crippen LogP contribution is -2.49. The third-order valence-corrected chi connectivity index (χ3v) is 4.37. The minimum Gasteiger partial charge on any atom is -0.352 e. The number of hydrogen-bond donors (Lipinski definition) is 1. The molecule has 0 aromatic heterocycles. The summed E-state index contributed by atoms with van der Waals surface area (Å²) < 4.78 is 0. The van der Waals surface area contributed by atoms with Crippen LogP contribution in [0.15, 0.2) is 30.3 Å². The number of nitrogens with one attached hydrogen (secondary N) is 1. The second-order valence-electron chi connectivity index (χ2n) is 6.03. The average molecular weight is 302 g/mol. The lowest BCUT2D eigenvalue weighted by atomic mass is 10.1. The first-order chi connectivity index (χ1) is 10.6. The van der Waals surface area contributed by atoms with E-state index in [1.165, 1.54) is 12.8 Å². The fourth-order valence-corrected chi connectivity index (χ4v) is 2.96. The lowest BCUT2D eigenvalue weighted by molar-refractivity contribution is -0.140. The van der Waals surface area contributed by atoms with Gasteiger partial charge in [0.25, 0.3) is 0 Å². The largest absolute Gasteiger partial charge is 0.352 e. The molecule has 2 rings (SSSR count). The quantitative estimate of drug-likeness (QED) is 0.878. The van der Waals surface area contributed by atoms with E-state index in [0.717, 1.165) is 18.4 Å². The molecule has 0 saturated heterocycles. The summed E-state index contributed by atoms with van der Waals surface area (Å²) in [5, 5.41) is 3.09. The van der Waals surface area contributed by atoms with Crippen molar-refractivity contribution in [2.24, 2.45) is 0 Å². The molecule has 1 aromatic carbocycles. The number of carbonyl (C=O) groups is 2. The molecule has 1 N–H and O–H groups in total. The maximum Gasteiger partial charge on any atom is 0.242 e. The Labute approximate surface area is 132 Å². The molecule has 2 amide bonds. The molecule has 1 aliphatic rings. The van der Waals surface area contributed by atoms with Gasteiger partial charge in [-0.15, -0.1) is 0 Å². The maximum atomic E-state index is 12.4. The third-order valence-electron chi connectivity index (χ3n) is 4.37. The standard InChI is InChI=1S/C18H26N2O2/c1-3-17(21)20(13-15-9-5-4-6-10-15)14(2)18(22)19-16-11-7-8-12-16/h4-6,9-10,14,16H,3,7-8,11-13H2,1-2H3,(H,19,22). The van der Waals surface area contributed by atoms with Crippen molar-refractivity contribution in [1.29, 1.82) is 0 Å². The van der Waals surface area contributed by atoms with Gasteiger partial charge in [0.05, 0.1) is 0 Å². The van der Waals surface area contributed by atoms with Gasteiger partial charge < -0.3 is 10.2 Å². The van der Waals surface area contributed by atoms with Crippen molar-refractivity contribution in [1.82, 2.24) is 10.2 Å². The van der Waals surface area contributed by atoms with Crippen molar-refractivity contribution in [3.8, 4) is 0 Å². The van der Waals surface area contributed by atoms with E-state index in [1.807, 2.05) is 44.2 Å². The van der Waals surface area contributed by atoms with E-state index in [0.29, 0.717) is 13.0 Å². The van der Waals surface area contributed by atoms with Gasteiger partial charge in [0.2, 0.25) is 11.8 Å². The second-order valence-corrected chi connectivity index (χ2v) is 6.03. The van der Waals surface area contributed by atoms with E-state index in [9.17, 15) is 9.59 Å². The van der Waals surface area contributed by atoms with E-state index in [1.54, 1.807) is 4.90 Å². The van der Waals surface area contributed by atoms with Crippen LogP contribution in [0.25, 0.3) is 0 Å². The average Bonchev–Trinajstić information content (AvgIpc) is 3.05. The van der Waals surface area contributed by atoms with E-state index in [4.69, 9.17) is 0 Å². The van der Waals surface area contributed by atoms with Gasteiger partial charge in [-0.2, -0.15) is 0 Å². The number of rotatable bonds is 6. The summed E-state index contributed by atoms with van der Waals surface area (Å²) in [5.41, 5.74) is 1.05. The summed E-state index contributed by atoms with van der Waals surface area (Å²) in [6.07, 6.45) is 4.88. The van der Waals surface area contributed by atoms with Gasteiger partial charge in [-0.25, -0.2) is 0 Å². The lowest BCUT2D eigenvalue weighted by Gasteiger charge is -2.29. The highest BCUT2D eigenvalue weighted by atomic mass is 16.2. The molecule has 1 saturated carbocycles. The topological polar surface area (TPSA) is 49.4 Å². The summed E-state index contributed by atoms with van der Waals surface area (Å²) in [6.45, 7) is 4.13. The first kappa shape index (κ1) is 16.5. The molecule has 0 spiro atoms. The van der Waals surface area contributed by atoms with Crippen molar-refractivity contribution >= 4 is 11.8 Å². The number of hydrogen-bond acceptors (Lipinski definition) is 2. The molecule has 1 fully saturated rings. The number of nitrogens with zero attached hydrogens (tertiary/aromatic N) is 1. The minimum atomic E-state index is -0.437. The van der Waals surface area contributed by atoms with Crippen LogP contribution < -0.4 is 5.32 Å². The molecule has 4 nitrogen and oxygen atoms in total. The molecule has 0 aliphatic heterocycles. The first-order valence-corrected chi connectivity index (χ1v) is 8.25. The van der Waals surface area contributed by atoms with Crippen LogP contribution in [0.5, 0.6) is 0 Å². The van der Waals surface area contributed by atoms with Gasteiger partial charge in [-0.1, -0.05) is 50.1 Å². The second kappa shape index (κ2) is 7.97. The summed E-state index contributed by atoms with van der Waals surface area (Å²) in [4.78, 5) is 26.4. The van der Waals surface area contributed by atoms with E-state index < -0.39 is 6.04 Å². The number of carbonyl (C=O) groups excluding carboxylic acids is 2. The van der Waals surface area contributed by atoms with Crippen LogP contribution in [-0.4, -0.2) is 28.8 Å². The highest BCUT2D eigenvalue weighted by Gasteiger charge is 2.27. The molecule has 120 valence electrons. The Balaban J connectivity index is 2.03. The van der Waals surface area contributed by atoms with Gasteiger partial charge in [0.15, 0.2) is 0 Å². The molecule has 0 bridgehead atoms. The van der Waals surface area contributed by atoms with Gasteiger partial charge in [0.1, 0.15) is 6.04 Å². The maximum absolute atomic E-state index is 12.4. The molecule has 22 heavy (non-hydrogen) atoms. The zero-order valence-electron chi connectivity index (χ0n) is 13.5. The van der Waals surface area contributed by atoms with Crippen LogP contribution in [0.2, 0.25) is 0 Å². The Morgan fingerprint density at radius 2 is 1.86 bits per heavy atom. The predicted octanol–water partition coefficient (Wildman–Crippen LogP) is 2.87. The van der Waals surface area contributed by atoms with Crippen molar-refractivity contribution in [3.05, 3.63) is 35.9 Å². The zero-order chi connectivity index (χ0) is 15.9. The molecule has 1 aromatic rings. The fraction of sp³-hybridized carbons (Fsp3) is 0.556. The van der Waals surface area contributed by atoms with Crippen molar-refractivity contribution in [3.63, 3.8) is 0 Å². The van der Waals surface area contributed by atoms with Crippen LogP contribution in [0.3, 0.4) is 0 Å². The molecule has 1 atom stereocenters.